The van der Waals surface area contributed by atoms with Crippen molar-refractivity contribution >= 4 is 55.8 Å². The summed E-state index contributed by atoms with van der Waals surface area (Å²) in [5.41, 5.74) is 0.866. The molecule has 2 aromatic carbocycles. The quantitative estimate of drug-likeness (QED) is 0.552. The fraction of sp³-hybridized carbons (Fsp3) is 0.227. The zero-order chi connectivity index (χ0) is 21.0. The minimum Gasteiger partial charge on any atom is -0.480 e. The number of carboxylic acids is 1. The van der Waals surface area contributed by atoms with Crippen LogP contribution in [0.25, 0.3) is 10.8 Å². The van der Waals surface area contributed by atoms with E-state index in [-0.39, 0.29) is 12.5 Å². The molecule has 3 heterocycles. The van der Waals surface area contributed by atoms with Crippen molar-refractivity contribution in [3.63, 3.8) is 0 Å². The van der Waals surface area contributed by atoms with Gasteiger partial charge in [-0.3, -0.25) is 24.6 Å². The van der Waals surface area contributed by atoms with E-state index in [0.29, 0.717) is 0 Å². The number of halogens is 1. The third kappa shape index (κ3) is 2.98. The Kier molecular flexibility index (Phi) is 4.72. The summed E-state index contributed by atoms with van der Waals surface area (Å²) in [7, 11) is 0. The Balaban J connectivity index is 1.52. The van der Waals surface area contributed by atoms with E-state index in [9.17, 15) is 19.5 Å². The molecule has 0 aliphatic carbocycles. The molecular formula is C22H17BrN2O4S. The molecule has 1 aromatic heterocycles. The van der Waals surface area contributed by atoms with Crippen molar-refractivity contribution in [3.05, 3.63) is 68.8 Å². The smallest absolute Gasteiger partial charge is 0.321 e. The Labute approximate surface area is 184 Å². The van der Waals surface area contributed by atoms with Crippen molar-refractivity contribution in [1.29, 1.82) is 0 Å². The van der Waals surface area contributed by atoms with Gasteiger partial charge in [0.2, 0.25) is 11.8 Å². The molecule has 0 saturated carbocycles. The lowest BCUT2D eigenvalue weighted by Gasteiger charge is -2.21. The summed E-state index contributed by atoms with van der Waals surface area (Å²) < 4.78 is 0.888. The number of nitrogens with one attached hydrogen (secondary N) is 1. The Morgan fingerprint density at radius 3 is 2.50 bits per heavy atom. The lowest BCUT2D eigenvalue weighted by molar-refractivity contribution is -0.146. The molecule has 8 heteroatoms. The number of benzene rings is 2. The maximum absolute atomic E-state index is 13.4. The number of hydrogen-bond donors (Lipinski definition) is 2. The Morgan fingerprint density at radius 2 is 1.77 bits per heavy atom. The van der Waals surface area contributed by atoms with Crippen LogP contribution in [0.3, 0.4) is 0 Å². The molecule has 2 N–H and O–H groups in total. The zero-order valence-corrected chi connectivity index (χ0v) is 18.0. The van der Waals surface area contributed by atoms with E-state index < -0.39 is 35.8 Å². The molecule has 4 atom stereocenters. The van der Waals surface area contributed by atoms with E-state index in [1.54, 1.807) is 0 Å². The van der Waals surface area contributed by atoms with Gasteiger partial charge >= 0.3 is 5.97 Å². The molecule has 0 radical (unpaired) electrons. The number of imide groups is 1. The maximum Gasteiger partial charge on any atom is 0.321 e. The molecule has 2 aliphatic rings. The zero-order valence-electron chi connectivity index (χ0n) is 15.6. The molecule has 4 unspecified atom stereocenters. The monoisotopic (exact) mass is 484 g/mol. The highest BCUT2D eigenvalue weighted by molar-refractivity contribution is 9.11. The van der Waals surface area contributed by atoms with Crippen LogP contribution in [0.2, 0.25) is 0 Å². The number of carbonyl (C=O) groups excluding carboxylic acids is 2. The first kappa shape index (κ1) is 19.4. The minimum atomic E-state index is -1.11. The van der Waals surface area contributed by atoms with E-state index in [4.69, 9.17) is 0 Å². The van der Waals surface area contributed by atoms with Crippen molar-refractivity contribution < 1.29 is 19.5 Å². The topological polar surface area (TPSA) is 86.7 Å². The van der Waals surface area contributed by atoms with Gasteiger partial charge in [-0.05, 0) is 44.4 Å². The van der Waals surface area contributed by atoms with E-state index in [2.05, 4.69) is 21.2 Å². The molecule has 2 aliphatic heterocycles. The number of thiophene rings is 1. The van der Waals surface area contributed by atoms with Crippen molar-refractivity contribution in [2.45, 2.75) is 18.6 Å². The second kappa shape index (κ2) is 7.30. The van der Waals surface area contributed by atoms with Gasteiger partial charge in [-0.2, -0.15) is 0 Å². The lowest BCUT2D eigenvalue weighted by Crippen LogP contribution is -2.42. The van der Waals surface area contributed by atoms with Gasteiger partial charge in [0.05, 0.1) is 28.2 Å². The normalized spacial score (nSPS) is 25.8. The Morgan fingerprint density at radius 1 is 1.03 bits per heavy atom. The van der Waals surface area contributed by atoms with Gasteiger partial charge in [0.25, 0.3) is 0 Å². The molecule has 6 nitrogen and oxygen atoms in total. The predicted octanol–water partition coefficient (Wildman–Crippen LogP) is 3.56. The first-order valence-electron chi connectivity index (χ1n) is 9.51. The van der Waals surface area contributed by atoms with E-state index in [1.165, 1.54) is 16.2 Å². The summed E-state index contributed by atoms with van der Waals surface area (Å²) in [6.45, 7) is 0.138. The van der Waals surface area contributed by atoms with Crippen LogP contribution in [0.5, 0.6) is 0 Å². The highest BCUT2D eigenvalue weighted by Gasteiger charge is 2.61. The van der Waals surface area contributed by atoms with Gasteiger partial charge in [0.1, 0.15) is 6.04 Å². The number of carboxylic acid groups (broad SMARTS) is 1. The van der Waals surface area contributed by atoms with Crippen LogP contribution in [-0.2, 0) is 20.9 Å². The Hall–Kier alpha value is -2.55. The standard InChI is InChI=1S/C22H17BrN2O4S/c23-15-9-8-14(30-15)18-16-17(19(24-18)22(28)29)21(27)25(20(16)26)10-12-6-3-5-11-4-1-2-7-13(11)12/h1-9,16-19,24H,10H2,(H,28,29). The average molecular weight is 485 g/mol. The van der Waals surface area contributed by atoms with Crippen LogP contribution in [0.1, 0.15) is 16.5 Å². The molecule has 3 aromatic rings. The van der Waals surface area contributed by atoms with Gasteiger partial charge in [-0.25, -0.2) is 0 Å². The van der Waals surface area contributed by atoms with Crippen LogP contribution in [0, 0.1) is 11.8 Å². The molecule has 2 amide bonds. The summed E-state index contributed by atoms with van der Waals surface area (Å²) in [4.78, 5) is 40.5. The highest BCUT2D eigenvalue weighted by Crippen LogP contribution is 2.46. The van der Waals surface area contributed by atoms with Crippen molar-refractivity contribution in [2.24, 2.45) is 11.8 Å². The summed E-state index contributed by atoms with van der Waals surface area (Å²) in [6.07, 6.45) is 0. The maximum atomic E-state index is 13.4. The minimum absolute atomic E-state index is 0.138. The third-order valence-electron chi connectivity index (χ3n) is 5.94. The van der Waals surface area contributed by atoms with Gasteiger partial charge in [0.15, 0.2) is 0 Å². The largest absolute Gasteiger partial charge is 0.480 e. The number of nitrogens with zero attached hydrogens (tertiary/aromatic N) is 1. The molecule has 30 heavy (non-hydrogen) atoms. The second-order valence-corrected chi connectivity index (χ2v) is 10.0. The van der Waals surface area contributed by atoms with Gasteiger partial charge < -0.3 is 5.11 Å². The van der Waals surface area contributed by atoms with Crippen LogP contribution >= 0.6 is 27.3 Å². The summed E-state index contributed by atoms with van der Waals surface area (Å²) in [6, 6.07) is 15.7. The van der Waals surface area contributed by atoms with Crippen LogP contribution < -0.4 is 5.32 Å². The lowest BCUT2D eigenvalue weighted by atomic mass is 9.89. The van der Waals surface area contributed by atoms with Crippen molar-refractivity contribution in [1.82, 2.24) is 10.2 Å². The first-order valence-corrected chi connectivity index (χ1v) is 11.1. The number of hydrogen-bond acceptors (Lipinski definition) is 5. The molecule has 5 rings (SSSR count). The second-order valence-electron chi connectivity index (χ2n) is 7.55. The van der Waals surface area contributed by atoms with Gasteiger partial charge in [-0.15, -0.1) is 11.3 Å². The number of rotatable bonds is 4. The van der Waals surface area contributed by atoms with E-state index >= 15 is 0 Å². The first-order chi connectivity index (χ1) is 14.5. The summed E-state index contributed by atoms with van der Waals surface area (Å²) >= 11 is 4.85. The summed E-state index contributed by atoms with van der Waals surface area (Å²) in [5, 5.41) is 14.7. The van der Waals surface area contributed by atoms with Gasteiger partial charge in [0, 0.05) is 4.88 Å². The fourth-order valence-corrected chi connectivity index (χ4v) is 6.14. The molecule has 2 fully saturated rings. The third-order valence-corrected chi connectivity index (χ3v) is 7.65. The SMILES string of the molecule is O=C(O)C1NC(c2ccc(Br)s2)C2C(=O)N(Cc3cccc4ccccc34)C(=O)C12. The highest BCUT2D eigenvalue weighted by atomic mass is 79.9. The van der Waals surface area contributed by atoms with Gasteiger partial charge in [-0.1, -0.05) is 42.5 Å². The number of carbonyl (C=O) groups is 3. The molecule has 0 bridgehead atoms. The molecule has 0 spiro atoms. The number of fused-ring (bicyclic) bond motifs is 2. The molecular weight excluding hydrogens is 468 g/mol. The van der Waals surface area contributed by atoms with Crippen LogP contribution in [0.4, 0.5) is 0 Å². The summed E-state index contributed by atoms with van der Waals surface area (Å²) in [5.74, 6) is -3.48. The number of amides is 2. The van der Waals surface area contributed by atoms with Crippen molar-refractivity contribution in [3.8, 4) is 0 Å². The van der Waals surface area contributed by atoms with Crippen LogP contribution in [-0.4, -0.2) is 33.8 Å². The van der Waals surface area contributed by atoms with E-state index in [1.807, 2.05) is 54.6 Å². The van der Waals surface area contributed by atoms with E-state index in [0.717, 1.165) is 25.0 Å². The molecule has 152 valence electrons. The Bertz CT molecular complexity index is 1190. The molecule has 2 saturated heterocycles. The average Bonchev–Trinajstić information content (AvgIpc) is 3.40. The van der Waals surface area contributed by atoms with Crippen molar-refractivity contribution in [2.75, 3.05) is 0 Å². The number of aliphatic carboxylic acids is 1. The number of likely N-dealkylation sites (tertiary alicyclic amines) is 1. The predicted molar refractivity (Wildman–Crippen MR) is 116 cm³/mol. The fourth-order valence-electron chi connectivity index (χ4n) is 4.61. The van der Waals surface area contributed by atoms with Crippen LogP contribution in [0.15, 0.2) is 58.4 Å².